The van der Waals surface area contributed by atoms with Crippen molar-refractivity contribution in [1.29, 1.82) is 0 Å². The molecule has 0 aromatic heterocycles. The lowest BCUT2D eigenvalue weighted by Crippen LogP contribution is -2.41. The van der Waals surface area contributed by atoms with Crippen LogP contribution in [0.15, 0.2) is 66.7 Å². The first kappa shape index (κ1) is 20.5. The molecule has 3 aromatic rings. The van der Waals surface area contributed by atoms with Gasteiger partial charge in [0.05, 0.1) is 18.7 Å². The molecule has 3 aromatic carbocycles. The summed E-state index contributed by atoms with van der Waals surface area (Å²) < 4.78 is 11.1. The van der Waals surface area contributed by atoms with Gasteiger partial charge in [0.15, 0.2) is 22.9 Å². The summed E-state index contributed by atoms with van der Waals surface area (Å²) in [6, 6.07) is 19.1. The number of ether oxygens (including phenoxy) is 2. The van der Waals surface area contributed by atoms with Crippen molar-refractivity contribution < 1.29 is 24.2 Å². The average Bonchev–Trinajstić information content (AvgIpc) is 3.02. The van der Waals surface area contributed by atoms with E-state index in [1.807, 2.05) is 12.1 Å². The molecule has 0 unspecified atom stereocenters. The molecule has 1 amide bonds. The molecular weight excluding hydrogens is 430 g/mol. The fourth-order valence-corrected chi connectivity index (χ4v) is 4.28. The van der Waals surface area contributed by atoms with Crippen LogP contribution in [-0.2, 0) is 16.9 Å². The van der Waals surface area contributed by atoms with Crippen molar-refractivity contribution in [1.82, 2.24) is 0 Å². The van der Waals surface area contributed by atoms with Gasteiger partial charge in [0.2, 0.25) is 0 Å². The molecule has 0 bridgehead atoms. The van der Waals surface area contributed by atoms with E-state index < -0.39 is 11.5 Å². The summed E-state index contributed by atoms with van der Waals surface area (Å²) in [4.78, 5) is 28.0. The van der Waals surface area contributed by atoms with Gasteiger partial charge >= 0.3 is 0 Å². The molecule has 0 fully saturated rings. The number of Topliss-reactive ketones (excluding diaryl/α,β-unsaturated/α-hetero) is 1. The van der Waals surface area contributed by atoms with Crippen molar-refractivity contribution in [2.75, 3.05) is 18.1 Å². The van der Waals surface area contributed by atoms with Gasteiger partial charge in [0.1, 0.15) is 13.2 Å². The molecule has 0 radical (unpaired) electrons. The predicted octanol–water partition coefficient (Wildman–Crippen LogP) is 4.12. The zero-order chi connectivity index (χ0) is 22.3. The van der Waals surface area contributed by atoms with Crippen LogP contribution in [0.25, 0.3) is 0 Å². The largest absolute Gasteiger partial charge is 0.486 e. The van der Waals surface area contributed by atoms with Crippen LogP contribution in [-0.4, -0.2) is 30.0 Å². The van der Waals surface area contributed by atoms with E-state index in [1.54, 1.807) is 54.6 Å². The summed E-state index contributed by atoms with van der Waals surface area (Å²) in [6.45, 7) is 1.11. The van der Waals surface area contributed by atoms with Gasteiger partial charge in [-0.15, -0.1) is 0 Å². The predicted molar refractivity (Wildman–Crippen MR) is 119 cm³/mol. The van der Waals surface area contributed by atoms with E-state index in [-0.39, 0.29) is 18.7 Å². The molecule has 0 saturated heterocycles. The molecule has 162 valence electrons. The van der Waals surface area contributed by atoms with E-state index in [9.17, 15) is 14.7 Å². The molecule has 5 rings (SSSR count). The van der Waals surface area contributed by atoms with Gasteiger partial charge in [0, 0.05) is 16.1 Å². The number of carbonyl (C=O) groups is 2. The maximum atomic E-state index is 13.4. The van der Waals surface area contributed by atoms with Gasteiger partial charge in [-0.1, -0.05) is 41.9 Å². The zero-order valence-corrected chi connectivity index (χ0v) is 17.8. The minimum absolute atomic E-state index is 0.257. The van der Waals surface area contributed by atoms with Crippen LogP contribution in [0.4, 0.5) is 5.69 Å². The number of rotatable bonds is 5. The lowest BCUT2D eigenvalue weighted by molar-refractivity contribution is -0.136. The van der Waals surface area contributed by atoms with Crippen LogP contribution in [0.2, 0.25) is 5.02 Å². The normalized spacial score (nSPS) is 19.1. The number of ketones is 1. The fraction of sp³-hybridized carbons (Fsp3) is 0.200. The summed E-state index contributed by atoms with van der Waals surface area (Å²) in [7, 11) is 0. The van der Waals surface area contributed by atoms with Gasteiger partial charge in [0.25, 0.3) is 5.91 Å². The Morgan fingerprint density at radius 2 is 1.72 bits per heavy atom. The highest BCUT2D eigenvalue weighted by Gasteiger charge is 2.50. The van der Waals surface area contributed by atoms with Crippen molar-refractivity contribution in [3.8, 4) is 11.5 Å². The molecule has 6 nitrogen and oxygen atoms in total. The van der Waals surface area contributed by atoms with Crippen molar-refractivity contribution in [3.05, 3.63) is 88.4 Å². The number of amides is 1. The number of anilines is 1. The van der Waals surface area contributed by atoms with E-state index in [0.717, 1.165) is 5.56 Å². The first-order chi connectivity index (χ1) is 15.5. The Morgan fingerprint density at radius 1 is 1.00 bits per heavy atom. The number of benzene rings is 3. The highest BCUT2D eigenvalue weighted by molar-refractivity contribution is 6.30. The van der Waals surface area contributed by atoms with Crippen molar-refractivity contribution >= 4 is 29.0 Å². The first-order valence-corrected chi connectivity index (χ1v) is 10.6. The van der Waals surface area contributed by atoms with Gasteiger partial charge in [-0.25, -0.2) is 0 Å². The van der Waals surface area contributed by atoms with E-state index >= 15 is 0 Å². The molecule has 2 aliphatic heterocycles. The second-order valence-corrected chi connectivity index (χ2v) is 8.29. The Hall–Kier alpha value is -3.35. The number of fused-ring (bicyclic) bond motifs is 2. The van der Waals surface area contributed by atoms with Gasteiger partial charge in [-0.3, -0.25) is 9.59 Å². The molecule has 2 heterocycles. The molecule has 2 aliphatic rings. The smallest absolute Gasteiger partial charge is 0.264 e. The van der Waals surface area contributed by atoms with E-state index in [1.165, 1.54) is 4.90 Å². The van der Waals surface area contributed by atoms with Crippen LogP contribution in [0, 0.1) is 0 Å². The lowest BCUT2D eigenvalue weighted by atomic mass is 9.88. The molecule has 0 aliphatic carbocycles. The van der Waals surface area contributed by atoms with Gasteiger partial charge in [-0.2, -0.15) is 0 Å². The third kappa shape index (κ3) is 3.51. The average molecular weight is 450 g/mol. The van der Waals surface area contributed by atoms with Crippen molar-refractivity contribution in [2.45, 2.75) is 18.6 Å². The summed E-state index contributed by atoms with van der Waals surface area (Å²) in [5, 5.41) is 12.1. The third-order valence-corrected chi connectivity index (χ3v) is 6.03. The molecule has 1 N–H and O–H groups in total. The Kier molecular flexibility index (Phi) is 5.12. The highest BCUT2D eigenvalue weighted by Crippen LogP contribution is 2.44. The lowest BCUT2D eigenvalue weighted by Gasteiger charge is -2.23. The molecule has 0 spiro atoms. The van der Waals surface area contributed by atoms with Crippen LogP contribution < -0.4 is 14.4 Å². The molecule has 0 saturated carbocycles. The number of hydrogen-bond acceptors (Lipinski definition) is 5. The second-order valence-electron chi connectivity index (χ2n) is 7.85. The molecule has 7 heteroatoms. The van der Waals surface area contributed by atoms with Crippen LogP contribution in [0.1, 0.15) is 27.9 Å². The Balaban J connectivity index is 1.44. The summed E-state index contributed by atoms with van der Waals surface area (Å²) in [5.74, 6) is 0.167. The highest BCUT2D eigenvalue weighted by atomic mass is 35.5. The van der Waals surface area contributed by atoms with Crippen LogP contribution in [0.3, 0.4) is 0 Å². The third-order valence-electron chi connectivity index (χ3n) is 5.77. The number of carbonyl (C=O) groups excluding carboxylic acids is 2. The minimum atomic E-state index is -1.95. The topological polar surface area (TPSA) is 76.1 Å². The van der Waals surface area contributed by atoms with Gasteiger partial charge < -0.3 is 19.5 Å². The SMILES string of the molecule is O=C(C[C@@]1(O)C(=O)N(Cc2ccc(Cl)cc2)c2ccccc21)c1ccc2c(c1)OCCO2. The summed E-state index contributed by atoms with van der Waals surface area (Å²) in [6.07, 6.45) is -0.375. The minimum Gasteiger partial charge on any atom is -0.486 e. The maximum Gasteiger partial charge on any atom is 0.264 e. The first-order valence-electron chi connectivity index (χ1n) is 10.3. The van der Waals surface area contributed by atoms with Crippen LogP contribution >= 0.6 is 11.6 Å². The molecule has 32 heavy (non-hydrogen) atoms. The number of nitrogens with zero attached hydrogens (tertiary/aromatic N) is 1. The van der Waals surface area contributed by atoms with Crippen molar-refractivity contribution in [2.24, 2.45) is 0 Å². The standard InChI is InChI=1S/C25H20ClNO5/c26-18-8-5-16(6-9-18)15-27-20-4-2-1-3-19(20)25(30,24(27)29)14-21(28)17-7-10-22-23(13-17)32-12-11-31-22/h1-10,13,30H,11-12,14-15H2/t25-/m0/s1. The molecular formula is C25H20ClNO5. The van der Waals surface area contributed by atoms with Gasteiger partial charge in [-0.05, 0) is 42.0 Å². The van der Waals surface area contributed by atoms with Crippen LogP contribution in [0.5, 0.6) is 11.5 Å². The number of para-hydroxylation sites is 1. The van der Waals surface area contributed by atoms with Crippen molar-refractivity contribution in [3.63, 3.8) is 0 Å². The summed E-state index contributed by atoms with van der Waals surface area (Å²) >= 11 is 5.97. The number of aliphatic hydroxyl groups is 1. The monoisotopic (exact) mass is 449 g/mol. The van der Waals surface area contributed by atoms with E-state index in [4.69, 9.17) is 21.1 Å². The number of halogens is 1. The Bertz CT molecular complexity index is 1210. The summed E-state index contributed by atoms with van der Waals surface area (Å²) in [5.41, 5.74) is 0.270. The quantitative estimate of drug-likeness (QED) is 0.593. The maximum absolute atomic E-state index is 13.4. The van der Waals surface area contributed by atoms with E-state index in [0.29, 0.717) is 46.5 Å². The molecule has 1 atom stereocenters. The Morgan fingerprint density at radius 3 is 2.50 bits per heavy atom. The van der Waals surface area contributed by atoms with E-state index in [2.05, 4.69) is 0 Å². The second kappa shape index (κ2) is 7.97. The number of hydrogen-bond donors (Lipinski definition) is 1. The fourth-order valence-electron chi connectivity index (χ4n) is 4.16. The Labute approximate surface area is 189 Å². The zero-order valence-electron chi connectivity index (χ0n) is 17.1.